The SMILES string of the molecule is CCOC(=O)C(Cc1c[nH]c2ccccc12)NC(=O)[C@@]1(c2ccccc2)CC[C@H](C(=O)N2CCC(NC(=O)c3ccccc3OC)CC2)c2ccccc21.S. The summed E-state index contributed by atoms with van der Waals surface area (Å²) in [5.74, 6) is -0.916. The molecule has 286 valence electrons. The van der Waals surface area contributed by atoms with Crippen molar-refractivity contribution in [3.63, 3.8) is 0 Å². The van der Waals surface area contributed by atoms with Gasteiger partial charge in [-0.1, -0.05) is 84.9 Å². The molecule has 1 unspecified atom stereocenters. The number of para-hydroxylation sites is 2. The number of hydrogen-bond acceptors (Lipinski definition) is 6. The molecule has 5 aromatic rings. The van der Waals surface area contributed by atoms with E-state index < -0.39 is 23.3 Å². The maximum absolute atomic E-state index is 15.0. The number of likely N-dealkylation sites (tertiary alicyclic amines) is 1. The molecule has 10 nitrogen and oxygen atoms in total. The number of nitrogens with one attached hydrogen (secondary N) is 3. The van der Waals surface area contributed by atoms with E-state index in [4.69, 9.17) is 9.47 Å². The summed E-state index contributed by atoms with van der Waals surface area (Å²) in [6, 6.07) is 31.3. The zero-order valence-electron chi connectivity index (χ0n) is 31.2. The van der Waals surface area contributed by atoms with E-state index in [1.807, 2.05) is 96.0 Å². The van der Waals surface area contributed by atoms with E-state index in [-0.39, 0.29) is 50.3 Å². The first-order chi connectivity index (χ1) is 26.3. The summed E-state index contributed by atoms with van der Waals surface area (Å²) in [6.45, 7) is 2.95. The summed E-state index contributed by atoms with van der Waals surface area (Å²) in [5.41, 5.74) is 3.53. The summed E-state index contributed by atoms with van der Waals surface area (Å²) in [4.78, 5) is 61.0. The molecule has 0 spiro atoms. The lowest BCUT2D eigenvalue weighted by atomic mass is 9.62. The Kier molecular flexibility index (Phi) is 12.3. The fraction of sp³-hybridized carbons (Fsp3) is 0.318. The highest BCUT2D eigenvalue weighted by Crippen LogP contribution is 2.48. The Balaban J connectivity index is 0.00000514. The van der Waals surface area contributed by atoms with Gasteiger partial charge < -0.3 is 30.0 Å². The summed E-state index contributed by atoms with van der Waals surface area (Å²) >= 11 is 0. The molecule has 1 fully saturated rings. The molecule has 7 rings (SSSR count). The summed E-state index contributed by atoms with van der Waals surface area (Å²) in [5, 5.41) is 7.24. The molecule has 0 bridgehead atoms. The van der Waals surface area contributed by atoms with Crippen LogP contribution in [-0.2, 0) is 31.0 Å². The van der Waals surface area contributed by atoms with Gasteiger partial charge in [-0.25, -0.2) is 4.79 Å². The normalized spacial score (nSPS) is 18.7. The van der Waals surface area contributed by atoms with Crippen LogP contribution in [0, 0.1) is 0 Å². The van der Waals surface area contributed by atoms with Crippen LogP contribution in [0.25, 0.3) is 10.9 Å². The van der Waals surface area contributed by atoms with Crippen molar-refractivity contribution in [2.45, 2.75) is 62.4 Å². The third-order valence-electron chi connectivity index (χ3n) is 11.0. The average Bonchev–Trinajstić information content (AvgIpc) is 3.63. The monoisotopic (exact) mass is 760 g/mol. The standard InChI is InChI=1S/C44H46N4O6.H2S/c1-3-54-42(51)38(27-29-28-45-37-19-11-8-15-32(29)37)47-43(52)44(30-13-5-4-6-14-30)24-21-34(33-16-7-10-18-36(33)44)41(50)48-25-22-31(23-26-48)46-40(49)35-17-9-12-20-39(35)53-2;/h4-20,28,31,34,38,45H,3,21-27H2,1-2H3,(H,46,49)(H,47,52);1H2/t34-,38?,44+;/m0./s1. The van der Waals surface area contributed by atoms with Crippen molar-refractivity contribution in [2.24, 2.45) is 0 Å². The first-order valence-corrected chi connectivity index (χ1v) is 18.7. The number of amides is 3. The average molecular weight is 761 g/mol. The quantitative estimate of drug-likeness (QED) is 0.138. The van der Waals surface area contributed by atoms with Gasteiger partial charge in [0.25, 0.3) is 5.91 Å². The summed E-state index contributed by atoms with van der Waals surface area (Å²) < 4.78 is 10.9. The number of H-pyrrole nitrogens is 1. The molecule has 1 aromatic heterocycles. The Morgan fingerprint density at radius 2 is 1.56 bits per heavy atom. The molecule has 3 amide bonds. The minimum atomic E-state index is -1.16. The van der Waals surface area contributed by atoms with Crippen LogP contribution in [0.1, 0.15) is 71.1 Å². The van der Waals surface area contributed by atoms with E-state index in [1.165, 1.54) is 0 Å². The fourth-order valence-corrected chi connectivity index (χ4v) is 8.28. The number of aromatic nitrogens is 1. The highest BCUT2D eigenvalue weighted by atomic mass is 32.1. The molecule has 3 atom stereocenters. The Labute approximate surface area is 328 Å². The predicted octanol–water partition coefficient (Wildman–Crippen LogP) is 6.16. The highest BCUT2D eigenvalue weighted by Gasteiger charge is 2.49. The number of fused-ring (bicyclic) bond motifs is 2. The second kappa shape index (κ2) is 17.3. The number of benzene rings is 4. The number of carbonyl (C=O) groups excluding carboxylic acids is 4. The van der Waals surface area contributed by atoms with Gasteiger partial charge in [0, 0.05) is 42.7 Å². The van der Waals surface area contributed by atoms with Crippen molar-refractivity contribution in [1.82, 2.24) is 20.5 Å². The van der Waals surface area contributed by atoms with Crippen molar-refractivity contribution in [3.8, 4) is 5.75 Å². The van der Waals surface area contributed by atoms with Crippen molar-refractivity contribution in [3.05, 3.63) is 137 Å². The van der Waals surface area contributed by atoms with Crippen molar-refractivity contribution < 1.29 is 28.7 Å². The second-order valence-electron chi connectivity index (χ2n) is 14.1. The number of aromatic amines is 1. The second-order valence-corrected chi connectivity index (χ2v) is 14.1. The van der Waals surface area contributed by atoms with Crippen LogP contribution in [0.3, 0.4) is 0 Å². The highest BCUT2D eigenvalue weighted by molar-refractivity contribution is 7.59. The van der Waals surface area contributed by atoms with E-state index >= 15 is 0 Å². The van der Waals surface area contributed by atoms with Crippen LogP contribution >= 0.6 is 13.5 Å². The number of methoxy groups -OCH3 is 1. The smallest absolute Gasteiger partial charge is 0.328 e. The lowest BCUT2D eigenvalue weighted by Gasteiger charge is -2.43. The number of hydrogen-bond donors (Lipinski definition) is 3. The Morgan fingerprint density at radius 1 is 0.873 bits per heavy atom. The third kappa shape index (κ3) is 7.84. The first-order valence-electron chi connectivity index (χ1n) is 18.7. The van der Waals surface area contributed by atoms with Gasteiger partial charge in [-0.2, -0.15) is 13.5 Å². The molecule has 1 saturated heterocycles. The number of piperidine rings is 1. The molecular weight excluding hydrogens is 713 g/mol. The zero-order valence-corrected chi connectivity index (χ0v) is 32.2. The maximum atomic E-state index is 15.0. The minimum absolute atomic E-state index is 0. The van der Waals surface area contributed by atoms with E-state index in [0.717, 1.165) is 33.2 Å². The summed E-state index contributed by atoms with van der Waals surface area (Å²) in [6.07, 6.45) is 4.18. The lowest BCUT2D eigenvalue weighted by Crippen LogP contribution is -2.54. The van der Waals surface area contributed by atoms with Gasteiger partial charge >= 0.3 is 5.97 Å². The Bertz CT molecular complexity index is 2150. The van der Waals surface area contributed by atoms with Crippen molar-refractivity contribution in [2.75, 3.05) is 26.8 Å². The number of nitrogens with zero attached hydrogens (tertiary/aromatic N) is 1. The fourth-order valence-electron chi connectivity index (χ4n) is 8.28. The molecule has 11 heteroatoms. The van der Waals surface area contributed by atoms with Gasteiger partial charge in [0.2, 0.25) is 11.8 Å². The molecule has 0 radical (unpaired) electrons. The Hall–Kier alpha value is -5.55. The maximum Gasteiger partial charge on any atom is 0.328 e. The van der Waals surface area contributed by atoms with E-state index in [9.17, 15) is 19.2 Å². The topological polar surface area (TPSA) is 130 Å². The number of ether oxygens (including phenoxy) is 2. The third-order valence-corrected chi connectivity index (χ3v) is 11.0. The van der Waals surface area contributed by atoms with Gasteiger partial charge in [0.15, 0.2) is 0 Å². The van der Waals surface area contributed by atoms with Crippen LogP contribution in [0.15, 0.2) is 109 Å². The van der Waals surface area contributed by atoms with Gasteiger partial charge in [0.05, 0.1) is 30.6 Å². The van der Waals surface area contributed by atoms with E-state index in [0.29, 0.717) is 50.1 Å². The van der Waals surface area contributed by atoms with Crippen LogP contribution in [-0.4, -0.2) is 72.5 Å². The molecule has 1 aliphatic carbocycles. The summed E-state index contributed by atoms with van der Waals surface area (Å²) in [7, 11) is 1.54. The van der Waals surface area contributed by atoms with E-state index in [2.05, 4.69) is 15.6 Å². The van der Waals surface area contributed by atoms with Gasteiger partial charge in [-0.3, -0.25) is 14.4 Å². The molecule has 55 heavy (non-hydrogen) atoms. The molecule has 2 heterocycles. The number of carbonyl (C=O) groups is 4. The van der Waals surface area contributed by atoms with Gasteiger partial charge in [-0.05, 0) is 73.1 Å². The van der Waals surface area contributed by atoms with Crippen LogP contribution in [0.2, 0.25) is 0 Å². The molecule has 1 aliphatic heterocycles. The van der Waals surface area contributed by atoms with E-state index in [1.54, 1.807) is 32.2 Å². The van der Waals surface area contributed by atoms with Crippen molar-refractivity contribution >= 4 is 48.1 Å². The van der Waals surface area contributed by atoms with Gasteiger partial charge in [0.1, 0.15) is 11.8 Å². The van der Waals surface area contributed by atoms with Crippen molar-refractivity contribution in [1.29, 1.82) is 0 Å². The molecule has 0 saturated carbocycles. The molecule has 2 aliphatic rings. The van der Waals surface area contributed by atoms with Crippen LogP contribution in [0.4, 0.5) is 0 Å². The van der Waals surface area contributed by atoms with Crippen LogP contribution < -0.4 is 15.4 Å². The number of rotatable bonds is 11. The molecule has 4 aromatic carbocycles. The Morgan fingerprint density at radius 3 is 2.33 bits per heavy atom. The minimum Gasteiger partial charge on any atom is -0.496 e. The first kappa shape index (κ1) is 39.2. The van der Waals surface area contributed by atoms with Crippen LogP contribution in [0.5, 0.6) is 5.75 Å². The molecular formula is C44H48N4O6S. The molecule has 3 N–H and O–H groups in total. The largest absolute Gasteiger partial charge is 0.496 e. The predicted molar refractivity (Wildman–Crippen MR) is 217 cm³/mol. The lowest BCUT2D eigenvalue weighted by molar-refractivity contribution is -0.148. The van der Waals surface area contributed by atoms with Gasteiger partial charge in [-0.15, -0.1) is 0 Å². The number of esters is 1. The zero-order chi connectivity index (χ0) is 37.7.